The van der Waals surface area contributed by atoms with Crippen LogP contribution in [0.2, 0.25) is 0 Å². The van der Waals surface area contributed by atoms with Gasteiger partial charge in [0.2, 0.25) is 19.7 Å². The van der Waals surface area contributed by atoms with Crippen LogP contribution in [0, 0.1) is 0 Å². The Morgan fingerprint density at radius 2 is 0.846 bits per heavy atom. The van der Waals surface area contributed by atoms with E-state index in [0.717, 1.165) is 81.3 Å². The molecular formula is C54H54Br2N12O4S6. The molecule has 0 saturated heterocycles. The van der Waals surface area contributed by atoms with Crippen molar-refractivity contribution in [3.63, 3.8) is 0 Å². The summed E-state index contributed by atoms with van der Waals surface area (Å²) in [6, 6.07) is 29.9. The van der Waals surface area contributed by atoms with Gasteiger partial charge >= 0.3 is 0 Å². The van der Waals surface area contributed by atoms with Crippen LogP contribution in [0.1, 0.15) is 28.9 Å². The van der Waals surface area contributed by atoms with Crippen LogP contribution in [-0.2, 0) is 67.3 Å². The molecule has 0 bridgehead atoms. The van der Waals surface area contributed by atoms with Gasteiger partial charge in [0.25, 0.3) is 0 Å². The fourth-order valence-corrected chi connectivity index (χ4v) is 14.0. The van der Waals surface area contributed by atoms with Crippen LogP contribution < -0.4 is 5.73 Å². The predicted octanol–water partition coefficient (Wildman–Crippen LogP) is 12.5. The van der Waals surface area contributed by atoms with E-state index in [0.29, 0.717) is 5.01 Å². The van der Waals surface area contributed by atoms with E-state index in [9.17, 15) is 16.8 Å². The molecule has 4 aromatic carbocycles. The number of thiol groups is 1. The smallest absolute Gasteiger partial charge is 0.217 e. The summed E-state index contributed by atoms with van der Waals surface area (Å²) in [5, 5.41) is 19.1. The number of rotatable bonds is 11. The molecule has 0 aliphatic rings. The third-order valence-electron chi connectivity index (χ3n) is 11.0. The van der Waals surface area contributed by atoms with Gasteiger partial charge in [-0.25, -0.2) is 31.8 Å². The summed E-state index contributed by atoms with van der Waals surface area (Å²) >= 11 is 15.1. The second kappa shape index (κ2) is 27.6. The Morgan fingerprint density at radius 3 is 1.18 bits per heavy atom. The molecule has 11 aromatic rings. The molecule has 78 heavy (non-hydrogen) atoms. The fourth-order valence-electron chi connectivity index (χ4n) is 7.10. The quantitative estimate of drug-likeness (QED) is 0.116. The number of hydrogen-bond donors (Lipinski definition) is 2. The maximum absolute atomic E-state index is 12.7. The van der Waals surface area contributed by atoms with Gasteiger partial charge in [-0.05, 0) is 99.6 Å². The first-order valence-corrected chi connectivity index (χ1v) is 31.2. The molecule has 0 spiro atoms. The van der Waals surface area contributed by atoms with Crippen LogP contribution in [-0.4, -0.2) is 70.9 Å². The minimum absolute atomic E-state index is 0.205. The van der Waals surface area contributed by atoms with Gasteiger partial charge < -0.3 is 5.73 Å². The van der Waals surface area contributed by atoms with E-state index in [1.165, 1.54) is 34.3 Å². The lowest BCUT2D eigenvalue weighted by molar-refractivity contribution is 0.596. The third kappa shape index (κ3) is 16.2. The lowest BCUT2D eigenvalue weighted by atomic mass is 10.1. The molecule has 0 fully saturated rings. The Bertz CT molecular complexity index is 3720. The van der Waals surface area contributed by atoms with Crippen molar-refractivity contribution in [2.45, 2.75) is 56.3 Å². The van der Waals surface area contributed by atoms with Crippen LogP contribution >= 0.6 is 78.5 Å². The summed E-state index contributed by atoms with van der Waals surface area (Å²) in [4.78, 5) is 13.7. The van der Waals surface area contributed by atoms with Gasteiger partial charge in [-0.3, -0.25) is 18.7 Å². The molecule has 0 aliphatic carbocycles. The first kappa shape index (κ1) is 59.4. The fraction of sp³-hybridized carbons (Fsp3) is 0.167. The number of halogens is 2. The van der Waals surface area contributed by atoms with E-state index in [1.807, 2.05) is 121 Å². The Morgan fingerprint density at radius 1 is 0.474 bits per heavy atom. The molecule has 0 unspecified atom stereocenters. The van der Waals surface area contributed by atoms with Crippen molar-refractivity contribution in [1.29, 1.82) is 0 Å². The number of nitrogens with zero attached hydrogens (tertiary/aromatic N) is 11. The summed E-state index contributed by atoms with van der Waals surface area (Å²) in [5.74, 6) is 0. The van der Waals surface area contributed by atoms with Crippen molar-refractivity contribution in [3.05, 3.63) is 189 Å². The van der Waals surface area contributed by atoms with Crippen LogP contribution in [0.15, 0.2) is 197 Å². The third-order valence-corrected chi connectivity index (χ3v) is 20.0. The Labute approximate surface area is 488 Å². The highest BCUT2D eigenvalue weighted by Crippen LogP contribution is 2.31. The van der Waals surface area contributed by atoms with Gasteiger partial charge in [0, 0.05) is 91.1 Å². The molecule has 0 radical (unpaired) electrons. The zero-order valence-corrected chi connectivity index (χ0v) is 51.2. The van der Waals surface area contributed by atoms with E-state index in [2.05, 4.69) is 105 Å². The zero-order valence-electron chi connectivity index (χ0n) is 43.1. The number of aryl methyl sites for hydroxylation is 6. The van der Waals surface area contributed by atoms with E-state index in [4.69, 9.17) is 5.73 Å². The van der Waals surface area contributed by atoms with Crippen molar-refractivity contribution in [2.75, 3.05) is 0 Å². The molecule has 404 valence electrons. The largest absolute Gasteiger partial charge is 0.325 e. The Hall–Kier alpha value is -6.22. The maximum Gasteiger partial charge on any atom is 0.217 e. The molecule has 0 atom stereocenters. The second-order valence-corrected chi connectivity index (χ2v) is 27.4. The second-order valence-electron chi connectivity index (χ2n) is 16.8. The number of benzene rings is 4. The normalized spacial score (nSPS) is 11.1. The van der Waals surface area contributed by atoms with Gasteiger partial charge in [0.1, 0.15) is 13.4 Å². The average molecular weight is 1290 g/mol. The highest BCUT2D eigenvalue weighted by atomic mass is 79.9. The minimum Gasteiger partial charge on any atom is -0.325 e. The van der Waals surface area contributed by atoms with Crippen molar-refractivity contribution >= 4 is 98.2 Å². The van der Waals surface area contributed by atoms with Gasteiger partial charge in [-0.15, -0.1) is 46.6 Å². The maximum atomic E-state index is 12.7. The highest BCUT2D eigenvalue weighted by molar-refractivity contribution is 9.11. The Balaban J connectivity index is 0.000000147. The zero-order chi connectivity index (χ0) is 56.0. The van der Waals surface area contributed by atoms with Crippen LogP contribution in [0.5, 0.6) is 0 Å². The number of sulfone groups is 2. The van der Waals surface area contributed by atoms with E-state index >= 15 is 0 Å². The van der Waals surface area contributed by atoms with Crippen molar-refractivity contribution in [3.8, 4) is 44.5 Å². The van der Waals surface area contributed by atoms with Gasteiger partial charge in [-0.2, -0.15) is 20.4 Å². The van der Waals surface area contributed by atoms with Crippen molar-refractivity contribution < 1.29 is 16.8 Å². The SMILES string of the molecule is CCc1ncc(Br)s1.CCc1ncc(S(=O)(=O)c2cccc(-c3cnn(C)c3)c2)s1.Cn1cc(-c2cccc(Br)c2)cn1.Cn1cc(-c2cccc(S(=O)(=O)c3cnc(CN)s3)c2)cn1.Cn1cc(-c2cccc(S)c2)cn1. The van der Waals surface area contributed by atoms with Crippen LogP contribution in [0.25, 0.3) is 44.5 Å². The molecule has 7 aromatic heterocycles. The summed E-state index contributed by atoms with van der Waals surface area (Å²) in [5.41, 5.74) is 13.5. The van der Waals surface area contributed by atoms with Crippen molar-refractivity contribution in [2.24, 2.45) is 33.9 Å². The number of aromatic nitrogens is 11. The minimum atomic E-state index is -3.58. The van der Waals surface area contributed by atoms with Gasteiger partial charge in [0.05, 0.1) is 67.0 Å². The molecular weight excluding hydrogens is 1230 g/mol. The first-order chi connectivity index (χ1) is 37.3. The Kier molecular flexibility index (Phi) is 21.0. The first-order valence-electron chi connectivity index (χ1n) is 23.8. The lowest BCUT2D eigenvalue weighted by Crippen LogP contribution is -1.99. The average Bonchev–Trinajstić information content (AvgIpc) is 4.35. The van der Waals surface area contributed by atoms with Crippen LogP contribution in [0.3, 0.4) is 0 Å². The standard InChI is InChI=1S/C15H15N3O2S2.C14H14N4O2S2.C10H9BrN2.C10H10N2S.C5H6BrNS/c1-3-14-16-9-15(21-14)22(19,20)13-6-4-5-11(7-13)12-8-17-18(2)10-12;1-18-9-11(7-17-18)10-3-2-4-12(5-10)22(19,20)14-8-16-13(6-15)21-14;1-13-7-9(6-12-13)8-3-2-4-10(11)5-8;1-12-7-9(6-11-12)8-3-2-4-10(13)5-8;1-2-5-7-3-4(6)8-5/h4-10H,3H2,1-2H3;2-5,7-9H,6,15H2,1H3;2-7H,1H3;2-7,13H,1H3;3H,2H2,1H3. The highest BCUT2D eigenvalue weighted by Gasteiger charge is 2.23. The summed E-state index contributed by atoms with van der Waals surface area (Å²) < 4.78 is 60.4. The number of thiazole rings is 3. The molecule has 11 rings (SSSR count). The predicted molar refractivity (Wildman–Crippen MR) is 321 cm³/mol. The topological polar surface area (TPSA) is 204 Å². The van der Waals surface area contributed by atoms with Crippen LogP contribution in [0.4, 0.5) is 0 Å². The van der Waals surface area contributed by atoms with E-state index in [-0.39, 0.29) is 24.8 Å². The molecule has 24 heteroatoms. The molecule has 16 nitrogen and oxygen atoms in total. The lowest BCUT2D eigenvalue weighted by Gasteiger charge is -2.04. The van der Waals surface area contributed by atoms with E-state index < -0.39 is 19.7 Å². The molecule has 2 N–H and O–H groups in total. The summed E-state index contributed by atoms with van der Waals surface area (Å²) in [7, 11) is 0.369. The number of nitrogens with two attached hydrogens (primary N) is 1. The summed E-state index contributed by atoms with van der Waals surface area (Å²) in [6.07, 6.45) is 21.2. The number of hydrogen-bond acceptors (Lipinski definition) is 16. The molecule has 0 aliphatic heterocycles. The molecule has 7 heterocycles. The van der Waals surface area contributed by atoms with E-state index in [1.54, 1.807) is 78.9 Å². The van der Waals surface area contributed by atoms with Crippen molar-refractivity contribution in [1.82, 2.24) is 54.1 Å². The monoisotopic (exact) mass is 1280 g/mol. The van der Waals surface area contributed by atoms with Gasteiger partial charge in [-0.1, -0.05) is 78.3 Å². The molecule has 0 saturated carbocycles. The van der Waals surface area contributed by atoms with Gasteiger partial charge in [0.15, 0.2) is 0 Å². The molecule has 0 amide bonds. The summed E-state index contributed by atoms with van der Waals surface area (Å²) in [6.45, 7) is 4.29.